The predicted octanol–water partition coefficient (Wildman–Crippen LogP) is 0.852. The van der Waals surface area contributed by atoms with Crippen molar-refractivity contribution in [2.24, 2.45) is 11.8 Å². The summed E-state index contributed by atoms with van der Waals surface area (Å²) in [7, 11) is -4.34. The van der Waals surface area contributed by atoms with Gasteiger partial charge in [0.25, 0.3) is 0 Å². The highest BCUT2D eigenvalue weighted by molar-refractivity contribution is 7.87. The predicted molar refractivity (Wildman–Crippen MR) is 43.3 cm³/mol. The highest BCUT2D eigenvalue weighted by atomic mass is 32.3. The number of hydrogen-bond donors (Lipinski definition) is 0. The zero-order chi connectivity index (χ0) is 9.22. The van der Waals surface area contributed by atoms with E-state index in [2.05, 4.69) is 0 Å². The van der Waals surface area contributed by atoms with E-state index in [1.54, 1.807) is 0 Å². The van der Waals surface area contributed by atoms with E-state index in [-0.39, 0.29) is 18.1 Å². The second-order valence-electron chi connectivity index (χ2n) is 4.32. The summed E-state index contributed by atoms with van der Waals surface area (Å²) >= 11 is 0. The van der Waals surface area contributed by atoms with E-state index < -0.39 is 15.5 Å². The number of rotatable bonds is 1. The molecular formula is C8H11FO3S. The molecule has 1 saturated heterocycles. The van der Waals surface area contributed by atoms with Crippen molar-refractivity contribution in [1.82, 2.24) is 0 Å². The molecule has 13 heavy (non-hydrogen) atoms. The summed E-state index contributed by atoms with van der Waals surface area (Å²) in [6, 6.07) is 0. The lowest BCUT2D eigenvalue weighted by molar-refractivity contribution is 0.218. The fraction of sp³-hybridized carbons (Fsp3) is 1.00. The maximum absolute atomic E-state index is 12.8. The van der Waals surface area contributed by atoms with Crippen LogP contribution in [0.5, 0.6) is 0 Å². The SMILES string of the molecule is O=S(=O)(F)[C@@H]1C[C@H]2CC[C@@H]1[C@@H]1O[C@H]21. The van der Waals surface area contributed by atoms with Gasteiger partial charge in [-0.05, 0) is 25.2 Å². The van der Waals surface area contributed by atoms with E-state index in [4.69, 9.17) is 4.74 Å². The molecule has 0 aromatic heterocycles. The largest absolute Gasteiger partial charge is 0.369 e. The van der Waals surface area contributed by atoms with E-state index in [1.165, 1.54) is 0 Å². The lowest BCUT2D eigenvalue weighted by atomic mass is 9.70. The standard InChI is InChI=1S/C8H11FO3S/c9-13(10,11)6-3-4-1-2-5(6)8-7(4)12-8/h4-8H,1-3H2/t4-,5+,6-,7-,8+/m1/s1. The van der Waals surface area contributed by atoms with Crippen molar-refractivity contribution >= 4 is 10.2 Å². The molecule has 5 atom stereocenters. The molecule has 5 heteroatoms. The number of fused-ring (bicyclic) bond motifs is 2. The van der Waals surface area contributed by atoms with Gasteiger partial charge in [-0.2, -0.15) is 8.42 Å². The van der Waals surface area contributed by atoms with Gasteiger partial charge in [0.05, 0.1) is 17.5 Å². The van der Waals surface area contributed by atoms with E-state index in [0.29, 0.717) is 12.3 Å². The third-order valence-electron chi connectivity index (χ3n) is 3.69. The Morgan fingerprint density at radius 3 is 2.62 bits per heavy atom. The minimum absolute atomic E-state index is 0.0584. The Hall–Kier alpha value is -0.160. The van der Waals surface area contributed by atoms with Gasteiger partial charge < -0.3 is 4.74 Å². The van der Waals surface area contributed by atoms with Crippen LogP contribution in [0.25, 0.3) is 0 Å². The summed E-state index contributed by atoms with van der Waals surface area (Å²) in [5, 5.41) is -0.769. The Morgan fingerprint density at radius 2 is 2.00 bits per heavy atom. The van der Waals surface area contributed by atoms with Crippen LogP contribution in [0, 0.1) is 11.8 Å². The van der Waals surface area contributed by atoms with Gasteiger partial charge in [-0.15, -0.1) is 3.89 Å². The van der Waals surface area contributed by atoms with E-state index in [9.17, 15) is 12.3 Å². The van der Waals surface area contributed by atoms with Gasteiger partial charge in [-0.25, -0.2) is 0 Å². The van der Waals surface area contributed by atoms with Crippen LogP contribution in [0.1, 0.15) is 19.3 Å². The Balaban J connectivity index is 1.94. The Morgan fingerprint density at radius 1 is 1.23 bits per heavy atom. The maximum atomic E-state index is 12.8. The maximum Gasteiger partial charge on any atom is 0.305 e. The van der Waals surface area contributed by atoms with Crippen molar-refractivity contribution in [2.45, 2.75) is 36.7 Å². The lowest BCUT2D eigenvalue weighted by Gasteiger charge is -2.36. The fourth-order valence-electron chi connectivity index (χ4n) is 3.04. The molecular weight excluding hydrogens is 195 g/mol. The monoisotopic (exact) mass is 206 g/mol. The van der Waals surface area contributed by atoms with Gasteiger partial charge in [0.2, 0.25) is 0 Å². The summed E-state index contributed by atoms with van der Waals surface area (Å²) < 4.78 is 39.8. The van der Waals surface area contributed by atoms with Gasteiger partial charge in [0, 0.05) is 5.92 Å². The Kier molecular flexibility index (Phi) is 1.42. The number of halogens is 1. The highest BCUT2D eigenvalue weighted by Crippen LogP contribution is 2.54. The van der Waals surface area contributed by atoms with Crippen LogP contribution >= 0.6 is 0 Å². The first kappa shape index (κ1) is 8.17. The fourth-order valence-corrected chi connectivity index (χ4v) is 4.23. The molecule has 4 aliphatic rings. The first-order valence-corrected chi connectivity index (χ1v) is 6.11. The van der Waals surface area contributed by atoms with Crippen LogP contribution in [-0.4, -0.2) is 25.9 Å². The van der Waals surface area contributed by atoms with Gasteiger partial charge in [-0.3, -0.25) is 0 Å². The molecule has 2 bridgehead atoms. The molecule has 3 saturated carbocycles. The number of epoxide rings is 1. The topological polar surface area (TPSA) is 46.7 Å². The Bertz CT molecular complexity index is 339. The normalized spacial score (nSPS) is 53.2. The molecule has 0 radical (unpaired) electrons. The van der Waals surface area contributed by atoms with Crippen molar-refractivity contribution in [3.63, 3.8) is 0 Å². The molecule has 0 aromatic carbocycles. The molecule has 0 aromatic rings. The quantitative estimate of drug-likeness (QED) is 0.472. The minimum atomic E-state index is -4.34. The molecule has 4 rings (SSSR count). The van der Waals surface area contributed by atoms with Crippen LogP contribution < -0.4 is 0 Å². The second-order valence-corrected chi connectivity index (χ2v) is 5.87. The molecule has 74 valence electrons. The Labute approximate surface area is 76.5 Å². The van der Waals surface area contributed by atoms with Crippen LogP contribution in [0.3, 0.4) is 0 Å². The van der Waals surface area contributed by atoms with Crippen LogP contribution in [-0.2, 0) is 15.0 Å². The molecule has 0 spiro atoms. The first-order valence-electron chi connectivity index (χ1n) is 4.66. The molecule has 0 unspecified atom stereocenters. The van der Waals surface area contributed by atoms with E-state index in [1.807, 2.05) is 0 Å². The summed E-state index contributed by atoms with van der Waals surface area (Å²) in [6.07, 6.45) is 2.63. The third kappa shape index (κ3) is 1.06. The average molecular weight is 206 g/mol. The molecule has 3 nitrogen and oxygen atoms in total. The summed E-state index contributed by atoms with van der Waals surface area (Å²) in [6.45, 7) is 0. The molecule has 3 aliphatic carbocycles. The van der Waals surface area contributed by atoms with Gasteiger partial charge in [-0.1, -0.05) is 0 Å². The zero-order valence-electron chi connectivity index (χ0n) is 7.02. The zero-order valence-corrected chi connectivity index (χ0v) is 7.84. The minimum Gasteiger partial charge on any atom is -0.369 e. The summed E-state index contributed by atoms with van der Waals surface area (Å²) in [4.78, 5) is 0. The number of hydrogen-bond acceptors (Lipinski definition) is 3. The van der Waals surface area contributed by atoms with E-state index >= 15 is 0 Å². The van der Waals surface area contributed by atoms with Gasteiger partial charge in [0.15, 0.2) is 0 Å². The smallest absolute Gasteiger partial charge is 0.305 e. The molecule has 0 N–H and O–H groups in total. The highest BCUT2D eigenvalue weighted by Gasteiger charge is 2.62. The van der Waals surface area contributed by atoms with Crippen LogP contribution in [0.2, 0.25) is 0 Å². The molecule has 0 amide bonds. The molecule has 1 heterocycles. The van der Waals surface area contributed by atoms with Gasteiger partial charge >= 0.3 is 10.2 Å². The average Bonchev–Trinajstić information content (AvgIpc) is 2.82. The summed E-state index contributed by atoms with van der Waals surface area (Å²) in [5.41, 5.74) is 0. The van der Waals surface area contributed by atoms with Crippen molar-refractivity contribution in [3.8, 4) is 0 Å². The van der Waals surface area contributed by atoms with Crippen molar-refractivity contribution in [3.05, 3.63) is 0 Å². The van der Waals surface area contributed by atoms with Gasteiger partial charge in [0.1, 0.15) is 0 Å². The van der Waals surface area contributed by atoms with Crippen LogP contribution in [0.4, 0.5) is 3.89 Å². The number of ether oxygens (including phenoxy) is 1. The lowest BCUT2D eigenvalue weighted by Crippen LogP contribution is -2.44. The van der Waals surface area contributed by atoms with Crippen molar-refractivity contribution in [1.29, 1.82) is 0 Å². The van der Waals surface area contributed by atoms with Crippen LogP contribution in [0.15, 0.2) is 0 Å². The third-order valence-corrected chi connectivity index (χ3v) is 4.96. The first-order chi connectivity index (χ1) is 6.07. The van der Waals surface area contributed by atoms with E-state index in [0.717, 1.165) is 12.8 Å². The van der Waals surface area contributed by atoms with Crippen molar-refractivity contribution < 1.29 is 17.0 Å². The molecule has 4 fully saturated rings. The second kappa shape index (κ2) is 2.25. The van der Waals surface area contributed by atoms with Crippen molar-refractivity contribution in [2.75, 3.05) is 0 Å². The summed E-state index contributed by atoms with van der Waals surface area (Å²) in [5.74, 6) is 0.232. The molecule has 1 aliphatic heterocycles.